The summed E-state index contributed by atoms with van der Waals surface area (Å²) in [5.41, 5.74) is 3.87. The zero-order valence-electron chi connectivity index (χ0n) is 26.4. The lowest BCUT2D eigenvalue weighted by Gasteiger charge is -2.23. The molecular weight excluding hydrogens is 653 g/mol. The van der Waals surface area contributed by atoms with E-state index in [4.69, 9.17) is 24.1 Å². The summed E-state index contributed by atoms with van der Waals surface area (Å²) in [6, 6.07) is 30.3. The maximum Gasteiger partial charge on any atom is 0.490 e. The molecule has 0 heterocycles. The molecule has 0 amide bonds. The quantitative estimate of drug-likeness (QED) is 0.127. The van der Waals surface area contributed by atoms with E-state index in [2.05, 4.69) is 22.2 Å². The molecule has 4 N–H and O–H groups in total. The van der Waals surface area contributed by atoms with Crippen molar-refractivity contribution in [2.45, 2.75) is 31.3 Å². The number of methoxy groups -OCH3 is 2. The molecule has 258 valence electrons. The van der Waals surface area contributed by atoms with Crippen LogP contribution in [0.15, 0.2) is 97.1 Å². The molecular formula is C34H37F3N2O8S. The highest BCUT2D eigenvalue weighted by atomic mass is 32.2. The van der Waals surface area contributed by atoms with Gasteiger partial charge in [0.05, 0.1) is 32.3 Å². The van der Waals surface area contributed by atoms with Gasteiger partial charge in [-0.1, -0.05) is 72.8 Å². The van der Waals surface area contributed by atoms with Gasteiger partial charge >= 0.3 is 12.1 Å². The van der Waals surface area contributed by atoms with E-state index in [0.717, 1.165) is 22.9 Å². The predicted molar refractivity (Wildman–Crippen MR) is 175 cm³/mol. The van der Waals surface area contributed by atoms with Crippen LogP contribution >= 0.6 is 0 Å². The molecule has 2 atom stereocenters. The van der Waals surface area contributed by atoms with E-state index in [0.29, 0.717) is 29.2 Å². The molecule has 48 heavy (non-hydrogen) atoms. The number of rotatable bonds is 14. The maximum absolute atomic E-state index is 12.1. The van der Waals surface area contributed by atoms with E-state index >= 15 is 0 Å². The summed E-state index contributed by atoms with van der Waals surface area (Å²) in [7, 11) is -0.390. The first-order valence-electron chi connectivity index (χ1n) is 14.5. The summed E-state index contributed by atoms with van der Waals surface area (Å²) in [5, 5.41) is 21.8. The normalized spacial score (nSPS) is 12.6. The van der Waals surface area contributed by atoms with Gasteiger partial charge in [-0.15, -0.1) is 0 Å². The summed E-state index contributed by atoms with van der Waals surface area (Å²) < 4.78 is 75.3. The molecule has 4 rings (SSSR count). The first-order valence-corrected chi connectivity index (χ1v) is 16.3. The van der Waals surface area contributed by atoms with Crippen LogP contribution < -0.4 is 24.2 Å². The number of benzene rings is 4. The molecule has 14 heteroatoms. The van der Waals surface area contributed by atoms with Crippen LogP contribution in [0.4, 0.5) is 18.9 Å². The first kappa shape index (κ1) is 37.7. The molecule has 0 aliphatic rings. The van der Waals surface area contributed by atoms with Crippen LogP contribution in [0.2, 0.25) is 0 Å². The van der Waals surface area contributed by atoms with Crippen LogP contribution in [0.25, 0.3) is 0 Å². The van der Waals surface area contributed by atoms with Crippen LogP contribution in [0.3, 0.4) is 0 Å². The second kappa shape index (κ2) is 17.4. The Labute approximate surface area is 277 Å². The maximum atomic E-state index is 12.1. The number of nitrogens with one attached hydrogen (secondary N) is 2. The van der Waals surface area contributed by atoms with Crippen molar-refractivity contribution < 1.29 is 50.8 Å². The van der Waals surface area contributed by atoms with Gasteiger partial charge in [0.25, 0.3) is 0 Å². The number of anilines is 1. The van der Waals surface area contributed by atoms with E-state index in [1.165, 1.54) is 0 Å². The number of hydrogen-bond acceptors (Lipinski definition) is 8. The number of hydrogen-bond donors (Lipinski definition) is 4. The molecule has 0 fully saturated rings. The van der Waals surface area contributed by atoms with E-state index in [1.807, 2.05) is 66.7 Å². The average Bonchev–Trinajstić information content (AvgIpc) is 3.05. The largest absolute Gasteiger partial charge is 0.493 e. The summed E-state index contributed by atoms with van der Waals surface area (Å²) in [5.74, 6) is -1.13. The third-order valence-electron chi connectivity index (χ3n) is 6.81. The van der Waals surface area contributed by atoms with Crippen molar-refractivity contribution in [1.29, 1.82) is 0 Å². The fourth-order valence-electron chi connectivity index (χ4n) is 4.49. The monoisotopic (exact) mass is 690 g/mol. The van der Waals surface area contributed by atoms with Gasteiger partial charge in [-0.2, -0.15) is 13.2 Å². The minimum Gasteiger partial charge on any atom is -0.493 e. The first-order chi connectivity index (χ1) is 22.7. The molecule has 0 aliphatic carbocycles. The lowest BCUT2D eigenvalue weighted by Crippen LogP contribution is -2.28. The number of alkyl halides is 3. The highest BCUT2D eigenvalue weighted by Gasteiger charge is 2.38. The number of carbonyl (C=O) groups is 1. The van der Waals surface area contributed by atoms with Crippen molar-refractivity contribution in [3.05, 3.63) is 119 Å². The van der Waals surface area contributed by atoms with Crippen LogP contribution in [0.1, 0.15) is 34.4 Å². The fraction of sp³-hybridized carbons (Fsp3) is 0.265. The van der Waals surface area contributed by atoms with Crippen molar-refractivity contribution in [3.63, 3.8) is 0 Å². The number of aliphatic hydroxyl groups is 1. The minimum atomic E-state index is -5.08. The lowest BCUT2D eigenvalue weighted by atomic mass is 9.97. The van der Waals surface area contributed by atoms with Crippen molar-refractivity contribution in [2.24, 2.45) is 0 Å². The Morgan fingerprint density at radius 1 is 0.812 bits per heavy atom. The Morgan fingerprint density at radius 3 is 1.90 bits per heavy atom. The van der Waals surface area contributed by atoms with Crippen LogP contribution in [0, 0.1) is 0 Å². The summed E-state index contributed by atoms with van der Waals surface area (Å²) in [6.45, 7) is 0.490. The SMILES string of the molecule is COc1ccc(C(Cc2ccccc2)NCC(O)c2ccc(OCc3ccccc3)c(NS(C)(=O)=O)c2)cc1OC.O=C(O)C(F)(F)F. The Kier molecular flexibility index (Phi) is 13.6. The number of sulfonamides is 1. The Balaban J connectivity index is 0.000000804. The van der Waals surface area contributed by atoms with Crippen molar-refractivity contribution in [3.8, 4) is 17.2 Å². The molecule has 0 spiro atoms. The van der Waals surface area contributed by atoms with Crippen molar-refractivity contribution in [1.82, 2.24) is 5.32 Å². The van der Waals surface area contributed by atoms with Crippen molar-refractivity contribution in [2.75, 3.05) is 31.7 Å². The van der Waals surface area contributed by atoms with E-state index in [1.54, 1.807) is 32.4 Å². The van der Waals surface area contributed by atoms with Gasteiger partial charge < -0.3 is 29.7 Å². The summed E-state index contributed by atoms with van der Waals surface area (Å²) in [4.78, 5) is 8.90. The smallest absolute Gasteiger partial charge is 0.490 e. The molecule has 0 aliphatic heterocycles. The summed E-state index contributed by atoms with van der Waals surface area (Å²) >= 11 is 0. The van der Waals surface area contributed by atoms with E-state index in [-0.39, 0.29) is 24.9 Å². The number of aliphatic hydroxyl groups excluding tert-OH is 1. The van der Waals surface area contributed by atoms with Crippen LogP contribution in [-0.4, -0.2) is 57.8 Å². The second-order valence-electron chi connectivity index (χ2n) is 10.5. The molecule has 2 unspecified atom stereocenters. The molecule has 0 bridgehead atoms. The van der Waals surface area contributed by atoms with Gasteiger partial charge in [0.2, 0.25) is 10.0 Å². The fourth-order valence-corrected chi connectivity index (χ4v) is 5.05. The van der Waals surface area contributed by atoms with Crippen molar-refractivity contribution >= 4 is 21.7 Å². The number of halogens is 3. The third-order valence-corrected chi connectivity index (χ3v) is 7.40. The number of aliphatic carboxylic acids is 1. The minimum absolute atomic E-state index is 0.144. The lowest BCUT2D eigenvalue weighted by molar-refractivity contribution is -0.192. The second-order valence-corrected chi connectivity index (χ2v) is 12.2. The Hall–Kier alpha value is -4.79. The Morgan fingerprint density at radius 2 is 1.35 bits per heavy atom. The standard InChI is InChI=1S/C32H36N2O6S.C2HF3O2/c1-38-31-17-14-25(20-32(31)39-2)27(18-23-10-6-4-7-11-23)33-21-29(35)26-15-16-30(28(19-26)34-41(3,36)37)40-22-24-12-8-5-9-13-24;3-2(4,5)1(6)7/h4-17,19-20,27,29,33-35H,18,21-22H2,1-3H3;(H,6,7). The molecule has 0 saturated carbocycles. The van der Waals surface area contributed by atoms with Crippen LogP contribution in [0.5, 0.6) is 17.2 Å². The number of ether oxygens (including phenoxy) is 3. The predicted octanol–water partition coefficient (Wildman–Crippen LogP) is 5.89. The third kappa shape index (κ3) is 12.1. The highest BCUT2D eigenvalue weighted by Crippen LogP contribution is 2.33. The molecule has 0 radical (unpaired) electrons. The Bertz CT molecular complexity index is 1720. The van der Waals surface area contributed by atoms with Gasteiger partial charge in [-0.05, 0) is 52.9 Å². The van der Waals surface area contributed by atoms with Gasteiger partial charge in [-0.3, -0.25) is 4.72 Å². The molecule has 0 saturated heterocycles. The zero-order chi connectivity index (χ0) is 35.3. The highest BCUT2D eigenvalue weighted by molar-refractivity contribution is 7.92. The van der Waals surface area contributed by atoms with Gasteiger partial charge in [0.1, 0.15) is 12.4 Å². The van der Waals surface area contributed by atoms with Gasteiger partial charge in [0.15, 0.2) is 11.5 Å². The molecule has 10 nitrogen and oxygen atoms in total. The molecule has 0 aromatic heterocycles. The number of carboxylic acids is 1. The van der Waals surface area contributed by atoms with E-state index < -0.39 is 28.3 Å². The summed E-state index contributed by atoms with van der Waals surface area (Å²) in [6.07, 6.45) is -4.25. The van der Waals surface area contributed by atoms with Gasteiger partial charge in [-0.25, -0.2) is 13.2 Å². The van der Waals surface area contributed by atoms with Gasteiger partial charge in [0, 0.05) is 12.6 Å². The molecule has 4 aromatic carbocycles. The molecule has 4 aromatic rings. The van der Waals surface area contributed by atoms with Crippen LogP contribution in [-0.2, 0) is 27.8 Å². The van der Waals surface area contributed by atoms with E-state index in [9.17, 15) is 26.7 Å². The average molecular weight is 691 g/mol. The number of carboxylic acid groups (broad SMARTS) is 1. The topological polar surface area (TPSA) is 143 Å². The zero-order valence-corrected chi connectivity index (χ0v) is 27.2.